The van der Waals surface area contributed by atoms with E-state index in [9.17, 15) is 11.8 Å². The summed E-state index contributed by atoms with van der Waals surface area (Å²) in [6, 6.07) is 69.5. The van der Waals surface area contributed by atoms with Crippen LogP contribution in [0.5, 0.6) is 0 Å². The minimum Gasteiger partial charge on any atom is -0.455 e. The number of nitriles is 1. The van der Waals surface area contributed by atoms with Crippen LogP contribution in [0.1, 0.15) is 5.56 Å². The molecule has 0 spiro atoms. The Labute approximate surface area is 383 Å². The van der Waals surface area contributed by atoms with Gasteiger partial charge in [-0.25, -0.2) is 4.85 Å². The predicted molar refractivity (Wildman–Crippen MR) is 274 cm³/mol. The largest absolute Gasteiger partial charge is 0.455 e. The summed E-state index contributed by atoms with van der Waals surface area (Å²) < 4.78 is 11.1. The van der Waals surface area contributed by atoms with E-state index in [2.05, 4.69) is 141 Å². The van der Waals surface area contributed by atoms with Crippen LogP contribution in [0.25, 0.3) is 137 Å². The fourth-order valence-electron chi connectivity index (χ4n) is 11.1. The summed E-state index contributed by atoms with van der Waals surface area (Å²) in [4.78, 5) is 9.43. The summed E-state index contributed by atoms with van der Waals surface area (Å²) in [6.45, 7) is 9.21. The van der Waals surface area contributed by atoms with E-state index in [0.29, 0.717) is 28.2 Å². The average molecular weight is 852 g/mol. The van der Waals surface area contributed by atoms with Crippen molar-refractivity contribution >= 4 is 92.9 Å². The normalized spacial score (nSPS) is 11.9. The highest BCUT2D eigenvalue weighted by molar-refractivity contribution is 6.34. The number of rotatable bonds is 5. The quantitative estimate of drug-likeness (QED) is 0.128. The molecule has 0 N–H and O–H groups in total. The summed E-state index contributed by atoms with van der Waals surface area (Å²) in [5, 5.41) is 21.5. The van der Waals surface area contributed by atoms with Crippen LogP contribution in [0.4, 0.5) is 5.69 Å². The molecular weight excluding hydrogens is 819 g/mol. The van der Waals surface area contributed by atoms with Gasteiger partial charge in [-0.3, -0.25) is 4.98 Å². The van der Waals surface area contributed by atoms with E-state index in [4.69, 9.17) is 9.40 Å². The van der Waals surface area contributed by atoms with E-state index >= 15 is 0 Å². The predicted octanol–water partition coefficient (Wildman–Crippen LogP) is 16.3. The molecule has 0 aliphatic rings. The molecule has 0 aliphatic carbocycles. The second-order valence-corrected chi connectivity index (χ2v) is 17.1. The summed E-state index contributed by atoms with van der Waals surface area (Å²) in [5.74, 6) is 0. The number of pyridine rings is 1. The lowest BCUT2D eigenvalue weighted by atomic mass is 9.88. The molecule has 0 aliphatic heterocycles. The van der Waals surface area contributed by atoms with Crippen molar-refractivity contribution < 1.29 is 4.42 Å². The van der Waals surface area contributed by atoms with Gasteiger partial charge in [0.05, 0.1) is 51.1 Å². The van der Waals surface area contributed by atoms with Crippen LogP contribution in [-0.4, -0.2) is 14.1 Å². The van der Waals surface area contributed by atoms with Crippen molar-refractivity contribution in [1.82, 2.24) is 14.1 Å². The van der Waals surface area contributed by atoms with E-state index in [0.717, 1.165) is 115 Å². The lowest BCUT2D eigenvalue weighted by Gasteiger charge is -2.25. The number of nitrogens with zero attached hydrogens (tertiary/aromatic N) is 5. The molecule has 14 rings (SSSR count). The Morgan fingerprint density at radius 2 is 1.07 bits per heavy atom. The number of hydrogen-bond acceptors (Lipinski definition) is 3. The number of furan rings is 1. The van der Waals surface area contributed by atoms with E-state index in [1.54, 1.807) is 0 Å². The molecule has 308 valence electrons. The topological polar surface area (TPSA) is 64.0 Å². The first-order valence-corrected chi connectivity index (χ1v) is 22.3. The van der Waals surface area contributed by atoms with Gasteiger partial charge in [-0.1, -0.05) is 152 Å². The van der Waals surface area contributed by atoms with Crippen molar-refractivity contribution in [2.45, 2.75) is 0 Å². The molecule has 0 fully saturated rings. The molecule has 0 bridgehead atoms. The van der Waals surface area contributed by atoms with Crippen LogP contribution in [0.3, 0.4) is 0 Å². The molecule has 0 amide bonds. The SMILES string of the molecule is [C-]#[N+]c1c(-c2ccccc2)c(C#N)c(-n2c3ccccc3c3cc(-c4cccc5c4oc4ccccc45)ccc32)c(-c2ccccc2)c1-n1c2cccc3c4cccnc4c4cccc1c4c32. The monoisotopic (exact) mass is 851 g/mol. The van der Waals surface area contributed by atoms with Gasteiger partial charge in [0.25, 0.3) is 0 Å². The second-order valence-electron chi connectivity index (χ2n) is 17.1. The zero-order valence-electron chi connectivity index (χ0n) is 35.7. The Kier molecular flexibility index (Phi) is 7.72. The highest BCUT2D eigenvalue weighted by Crippen LogP contribution is 2.53. The summed E-state index contributed by atoms with van der Waals surface area (Å²) in [7, 11) is 0. The number of fused-ring (bicyclic) bond motifs is 9. The lowest BCUT2D eigenvalue weighted by molar-refractivity contribution is 0.670. The van der Waals surface area contributed by atoms with Crippen molar-refractivity contribution in [3.05, 3.63) is 217 Å². The molecule has 6 heteroatoms. The van der Waals surface area contributed by atoms with E-state index in [-0.39, 0.29) is 0 Å². The molecule has 4 heterocycles. The fourth-order valence-corrected chi connectivity index (χ4v) is 11.1. The van der Waals surface area contributed by atoms with E-state index < -0.39 is 0 Å². The molecule has 0 atom stereocenters. The van der Waals surface area contributed by atoms with Crippen molar-refractivity contribution in [2.24, 2.45) is 0 Å². The maximum Gasteiger partial charge on any atom is 0.220 e. The van der Waals surface area contributed by atoms with Crippen LogP contribution in [0, 0.1) is 17.9 Å². The molecule has 67 heavy (non-hydrogen) atoms. The molecular formula is C61H33N5O. The highest BCUT2D eigenvalue weighted by atomic mass is 16.3. The van der Waals surface area contributed by atoms with Crippen molar-refractivity contribution in [3.63, 3.8) is 0 Å². The van der Waals surface area contributed by atoms with Gasteiger partial charge in [0.2, 0.25) is 5.69 Å². The maximum absolute atomic E-state index is 11.8. The molecule has 0 radical (unpaired) electrons. The van der Waals surface area contributed by atoms with E-state index in [1.165, 1.54) is 0 Å². The Hall–Kier alpha value is -9.49. The molecule has 0 saturated heterocycles. The Balaban J connectivity index is 1.18. The summed E-state index contributed by atoms with van der Waals surface area (Å²) in [6.07, 6.45) is 1.86. The van der Waals surface area contributed by atoms with Gasteiger partial charge >= 0.3 is 0 Å². The summed E-state index contributed by atoms with van der Waals surface area (Å²) >= 11 is 0. The first-order chi connectivity index (χ1) is 33.2. The number of hydrogen-bond donors (Lipinski definition) is 0. The first-order valence-electron chi connectivity index (χ1n) is 22.3. The third-order valence-electron chi connectivity index (χ3n) is 13.8. The standard InChI is InChI=1S/C61H33N5O/c1-63-58-53(36-16-4-2-5-17-36)47(35-62)59(65-48-27-10-8-20-40(48)46-34-38(31-32-49(46)65)39-22-12-24-44-41-21-9-11-30-52(41)67-61(39)44)54(37-18-6-3-7-19-37)60(58)66-50-28-13-23-42-43-26-15-33-64-57(43)45-25-14-29-51(66)56(45)55(42)50/h2-34H. The summed E-state index contributed by atoms with van der Waals surface area (Å²) in [5.41, 5.74) is 13.7. The molecule has 4 aromatic heterocycles. The number of benzene rings is 10. The van der Waals surface area contributed by atoms with Gasteiger partial charge in [-0.15, -0.1) is 0 Å². The first kappa shape index (κ1) is 36.9. The van der Waals surface area contributed by atoms with Gasteiger partial charge in [0.1, 0.15) is 17.2 Å². The van der Waals surface area contributed by atoms with Crippen LogP contribution < -0.4 is 0 Å². The second kappa shape index (κ2) is 14.0. The third kappa shape index (κ3) is 5.04. The Bertz CT molecular complexity index is 4380. The lowest BCUT2D eigenvalue weighted by Crippen LogP contribution is -2.08. The fraction of sp³-hybridized carbons (Fsp3) is 0. The van der Waals surface area contributed by atoms with Crippen LogP contribution in [0.2, 0.25) is 0 Å². The van der Waals surface area contributed by atoms with Crippen molar-refractivity contribution in [1.29, 1.82) is 5.26 Å². The minimum absolute atomic E-state index is 0.400. The molecule has 10 aromatic carbocycles. The average Bonchev–Trinajstić information content (AvgIpc) is 4.06. The smallest absolute Gasteiger partial charge is 0.220 e. The van der Waals surface area contributed by atoms with Gasteiger partial charge in [-0.2, -0.15) is 5.26 Å². The maximum atomic E-state index is 11.8. The van der Waals surface area contributed by atoms with Crippen LogP contribution in [-0.2, 0) is 0 Å². The molecule has 0 saturated carbocycles. The van der Waals surface area contributed by atoms with Crippen LogP contribution >= 0.6 is 0 Å². The molecule has 6 nitrogen and oxygen atoms in total. The number of aromatic nitrogens is 3. The van der Waals surface area contributed by atoms with E-state index in [1.807, 2.05) is 79.0 Å². The highest BCUT2D eigenvalue weighted by Gasteiger charge is 2.32. The Morgan fingerprint density at radius 1 is 0.478 bits per heavy atom. The van der Waals surface area contributed by atoms with Crippen molar-refractivity contribution in [2.75, 3.05) is 0 Å². The van der Waals surface area contributed by atoms with Gasteiger partial charge in [0, 0.05) is 66.0 Å². The Morgan fingerprint density at radius 3 is 1.85 bits per heavy atom. The molecule has 14 aromatic rings. The third-order valence-corrected chi connectivity index (χ3v) is 13.8. The zero-order chi connectivity index (χ0) is 44.3. The minimum atomic E-state index is 0.400. The van der Waals surface area contributed by atoms with Gasteiger partial charge in [0.15, 0.2) is 0 Å². The van der Waals surface area contributed by atoms with Crippen LogP contribution in [0.15, 0.2) is 205 Å². The van der Waals surface area contributed by atoms with Crippen molar-refractivity contribution in [3.8, 4) is 50.8 Å². The zero-order valence-corrected chi connectivity index (χ0v) is 35.7. The van der Waals surface area contributed by atoms with Gasteiger partial charge < -0.3 is 13.6 Å². The number of para-hydroxylation sites is 3. The van der Waals surface area contributed by atoms with Gasteiger partial charge in [-0.05, 0) is 64.5 Å². The molecule has 0 unspecified atom stereocenters.